The molecule has 0 aliphatic heterocycles. The monoisotopic (exact) mass is 423 g/mol. The van der Waals surface area contributed by atoms with E-state index in [1.54, 1.807) is 43.6 Å². The van der Waals surface area contributed by atoms with E-state index in [9.17, 15) is 12.8 Å². The molecule has 2 N–H and O–H groups in total. The third-order valence-corrected chi connectivity index (χ3v) is 5.99. The van der Waals surface area contributed by atoms with Crippen molar-refractivity contribution in [3.05, 3.63) is 83.9 Å². The van der Waals surface area contributed by atoms with Gasteiger partial charge in [-0.05, 0) is 54.4 Å². The number of aryl methyl sites for hydroxylation is 1. The topological polar surface area (TPSA) is 107 Å². The van der Waals surface area contributed by atoms with E-state index in [4.69, 9.17) is 5.26 Å². The van der Waals surface area contributed by atoms with Crippen LogP contribution in [0.3, 0.4) is 0 Å². The van der Waals surface area contributed by atoms with Crippen molar-refractivity contribution in [2.45, 2.75) is 23.3 Å². The summed E-state index contributed by atoms with van der Waals surface area (Å²) in [6.45, 7) is 1.78. The molecule has 0 unspecified atom stereocenters. The van der Waals surface area contributed by atoms with Crippen LogP contribution in [0.4, 0.5) is 10.1 Å². The van der Waals surface area contributed by atoms with E-state index in [2.05, 4.69) is 20.6 Å². The van der Waals surface area contributed by atoms with Gasteiger partial charge in [0.2, 0.25) is 15.8 Å². The first-order chi connectivity index (χ1) is 14.4. The maximum absolute atomic E-state index is 13.8. The molecule has 3 rings (SSSR count). The average molecular weight is 423 g/mol. The molecule has 0 saturated carbocycles. The molecular formula is C21H18FN5O2S. The third-order valence-electron chi connectivity index (χ3n) is 4.22. The van der Waals surface area contributed by atoms with E-state index in [1.807, 2.05) is 6.19 Å². The molecule has 1 heterocycles. The van der Waals surface area contributed by atoms with Crippen LogP contribution in [0.25, 0.3) is 0 Å². The van der Waals surface area contributed by atoms with Gasteiger partial charge in [-0.15, -0.1) is 0 Å². The van der Waals surface area contributed by atoms with Crippen molar-refractivity contribution in [2.24, 2.45) is 4.99 Å². The number of aromatic nitrogens is 1. The summed E-state index contributed by atoms with van der Waals surface area (Å²) in [5, 5.41) is 14.3. The lowest BCUT2D eigenvalue weighted by molar-refractivity contribution is 0.589. The third kappa shape index (κ3) is 4.98. The number of nitriles is 1. The molecule has 2 aromatic carbocycles. The predicted octanol–water partition coefficient (Wildman–Crippen LogP) is 3.40. The van der Waals surface area contributed by atoms with Gasteiger partial charge in [-0.25, -0.2) is 17.8 Å². The lowest BCUT2D eigenvalue weighted by Gasteiger charge is -2.08. The zero-order valence-electron chi connectivity index (χ0n) is 16.0. The number of halogens is 1. The Bertz CT molecular complexity index is 1200. The predicted molar refractivity (Wildman–Crippen MR) is 111 cm³/mol. The summed E-state index contributed by atoms with van der Waals surface area (Å²) < 4.78 is 39.2. The molecule has 0 radical (unpaired) electrons. The fourth-order valence-electron chi connectivity index (χ4n) is 2.56. The molecule has 152 valence electrons. The zero-order valence-corrected chi connectivity index (χ0v) is 16.8. The van der Waals surface area contributed by atoms with Crippen LogP contribution in [-0.4, -0.2) is 19.4 Å². The Morgan fingerprint density at radius 3 is 2.40 bits per heavy atom. The fourth-order valence-corrected chi connectivity index (χ4v) is 3.83. The van der Waals surface area contributed by atoms with Gasteiger partial charge in [-0.1, -0.05) is 18.2 Å². The lowest BCUT2D eigenvalue weighted by atomic mass is 10.2. The Balaban J connectivity index is 1.76. The molecule has 3 aromatic rings. The number of hydrogen-bond acceptors (Lipinski definition) is 5. The van der Waals surface area contributed by atoms with Crippen molar-refractivity contribution in [3.8, 4) is 6.19 Å². The molecule has 0 saturated heterocycles. The first-order valence-corrected chi connectivity index (χ1v) is 10.4. The minimum atomic E-state index is -3.83. The van der Waals surface area contributed by atoms with Crippen LogP contribution in [-0.2, 0) is 16.4 Å². The second-order valence-electron chi connectivity index (χ2n) is 6.32. The molecule has 1 aromatic heterocycles. The minimum absolute atomic E-state index is 0.0590. The maximum Gasteiger partial charge on any atom is 0.209 e. The smallest absolute Gasteiger partial charge is 0.209 e. The summed E-state index contributed by atoms with van der Waals surface area (Å²) in [4.78, 5) is 8.18. The molecular weight excluding hydrogens is 405 g/mol. The average Bonchev–Trinajstić information content (AvgIpc) is 2.75. The van der Waals surface area contributed by atoms with Gasteiger partial charge in [0.25, 0.3) is 0 Å². The zero-order chi connectivity index (χ0) is 21.6. The molecule has 0 fully saturated rings. The molecule has 0 spiro atoms. The summed E-state index contributed by atoms with van der Waals surface area (Å²) >= 11 is 0. The van der Waals surface area contributed by atoms with Gasteiger partial charge >= 0.3 is 0 Å². The van der Waals surface area contributed by atoms with E-state index in [1.165, 1.54) is 24.3 Å². The lowest BCUT2D eigenvalue weighted by Crippen LogP contribution is -2.26. The van der Waals surface area contributed by atoms with Crippen LogP contribution in [0, 0.1) is 24.2 Å². The number of nitrogens with zero attached hydrogens (tertiary/aromatic N) is 3. The van der Waals surface area contributed by atoms with Gasteiger partial charge in [0.05, 0.1) is 16.3 Å². The summed E-state index contributed by atoms with van der Waals surface area (Å²) in [6, 6.07) is 13.4. The van der Waals surface area contributed by atoms with E-state index in [-0.39, 0.29) is 22.3 Å². The van der Waals surface area contributed by atoms with Crippen LogP contribution in [0.15, 0.2) is 81.8 Å². The molecule has 9 heteroatoms. The number of hydrogen-bond donors (Lipinski definition) is 2. The highest BCUT2D eigenvalue weighted by atomic mass is 32.2. The second-order valence-corrected chi connectivity index (χ2v) is 8.27. The second kappa shape index (κ2) is 9.15. The van der Waals surface area contributed by atoms with Crippen LogP contribution in [0.2, 0.25) is 0 Å². The van der Waals surface area contributed by atoms with Crippen molar-refractivity contribution >= 4 is 21.5 Å². The highest BCUT2D eigenvalue weighted by Gasteiger charge is 2.18. The van der Waals surface area contributed by atoms with Gasteiger partial charge in [0, 0.05) is 18.1 Å². The molecule has 7 nitrogen and oxygen atoms in total. The van der Waals surface area contributed by atoms with E-state index >= 15 is 0 Å². The molecule has 0 aliphatic carbocycles. The number of nitrogens with one attached hydrogen (secondary N) is 2. The Hall–Kier alpha value is -3.77. The van der Waals surface area contributed by atoms with E-state index in [0.29, 0.717) is 11.3 Å². The van der Waals surface area contributed by atoms with Crippen LogP contribution in [0.5, 0.6) is 0 Å². The highest BCUT2D eigenvalue weighted by molar-refractivity contribution is 7.91. The fraction of sp³-hybridized carbons (Fsp3) is 0.0952. The standard InChI is InChI=1S/C21H18FN5O2S/c1-15-2-5-19(12-20(15)22)30(28,29)18-6-3-16(4-7-18)13-25-21(26-14-23)27-17-8-10-24-11-9-17/h2-12H,13H2,1H3,(H2,24,25,26,27). The summed E-state index contributed by atoms with van der Waals surface area (Å²) in [5.41, 5.74) is 1.82. The SMILES string of the molecule is Cc1ccc(S(=O)(=O)c2ccc(CN=C(NC#N)Nc3ccncc3)cc2)cc1F. The van der Waals surface area contributed by atoms with Crippen LogP contribution >= 0.6 is 0 Å². The van der Waals surface area contributed by atoms with E-state index < -0.39 is 15.7 Å². The molecule has 0 amide bonds. The van der Waals surface area contributed by atoms with Gasteiger partial charge in [-0.3, -0.25) is 10.3 Å². The van der Waals surface area contributed by atoms with Crippen LogP contribution < -0.4 is 10.6 Å². The molecule has 0 atom stereocenters. The number of guanidine groups is 1. The van der Waals surface area contributed by atoms with Gasteiger partial charge in [-0.2, -0.15) is 5.26 Å². The summed E-state index contributed by atoms with van der Waals surface area (Å²) in [6.07, 6.45) is 5.02. The Kier molecular flexibility index (Phi) is 6.39. The van der Waals surface area contributed by atoms with Crippen molar-refractivity contribution < 1.29 is 12.8 Å². The Labute approximate surface area is 173 Å². The summed E-state index contributed by atoms with van der Waals surface area (Å²) in [7, 11) is -3.83. The van der Waals surface area contributed by atoms with Gasteiger partial charge in [0.1, 0.15) is 5.82 Å². The van der Waals surface area contributed by atoms with Crippen LogP contribution in [0.1, 0.15) is 11.1 Å². The highest BCUT2D eigenvalue weighted by Crippen LogP contribution is 2.23. The van der Waals surface area contributed by atoms with Gasteiger partial charge < -0.3 is 5.32 Å². The largest absolute Gasteiger partial charge is 0.325 e. The number of pyridine rings is 1. The van der Waals surface area contributed by atoms with E-state index in [0.717, 1.165) is 11.6 Å². The first kappa shape index (κ1) is 21.0. The van der Waals surface area contributed by atoms with Crippen molar-refractivity contribution in [3.63, 3.8) is 0 Å². The molecule has 0 aliphatic rings. The maximum atomic E-state index is 13.8. The van der Waals surface area contributed by atoms with Crippen molar-refractivity contribution in [1.82, 2.24) is 10.3 Å². The number of sulfone groups is 1. The quantitative estimate of drug-likeness (QED) is 0.282. The Morgan fingerprint density at radius 2 is 1.77 bits per heavy atom. The van der Waals surface area contributed by atoms with Crippen molar-refractivity contribution in [1.29, 1.82) is 5.26 Å². The van der Waals surface area contributed by atoms with Crippen molar-refractivity contribution in [2.75, 3.05) is 5.32 Å². The number of rotatable bonds is 5. The number of anilines is 1. The summed E-state index contributed by atoms with van der Waals surface area (Å²) in [5.74, 6) is -0.322. The van der Waals surface area contributed by atoms with Gasteiger partial charge in [0.15, 0.2) is 6.19 Å². The molecule has 30 heavy (non-hydrogen) atoms. The molecule has 0 bridgehead atoms. The normalized spacial score (nSPS) is 11.6. The number of aliphatic imine (C=N–C) groups is 1. The first-order valence-electron chi connectivity index (χ1n) is 8.87. The minimum Gasteiger partial charge on any atom is -0.325 e. The Morgan fingerprint density at radius 1 is 1.10 bits per heavy atom. The number of benzene rings is 2.